The number of allylic oxidation sites excluding steroid dienone is 1. The van der Waals surface area contributed by atoms with Gasteiger partial charge >= 0.3 is 11.9 Å². The Labute approximate surface area is 119 Å². The topological polar surface area (TPSA) is 72.8 Å². The fraction of sp³-hybridized carbons (Fsp3) is 0.733. The van der Waals surface area contributed by atoms with E-state index >= 15 is 0 Å². The van der Waals surface area contributed by atoms with Crippen LogP contribution in [0.1, 0.15) is 44.9 Å². The zero-order valence-corrected chi connectivity index (χ0v) is 12.1. The normalized spacial score (nSPS) is 18.3. The summed E-state index contributed by atoms with van der Waals surface area (Å²) in [6.45, 7) is 0.495. The van der Waals surface area contributed by atoms with Crippen molar-refractivity contribution in [3.8, 4) is 0 Å². The van der Waals surface area contributed by atoms with Gasteiger partial charge in [-0.25, -0.2) is 0 Å². The molecule has 0 aliphatic heterocycles. The highest BCUT2D eigenvalue weighted by Gasteiger charge is 2.22. The Kier molecular flexibility index (Phi) is 7.95. The number of ether oxygens (including phenoxy) is 2. The summed E-state index contributed by atoms with van der Waals surface area (Å²) in [4.78, 5) is 22.7. The second-order valence-electron chi connectivity index (χ2n) is 5.05. The van der Waals surface area contributed by atoms with Gasteiger partial charge in [0, 0.05) is 6.42 Å². The van der Waals surface area contributed by atoms with E-state index in [0.29, 0.717) is 19.4 Å². The molecule has 1 N–H and O–H groups in total. The maximum absolute atomic E-state index is 11.8. The molecule has 1 aliphatic carbocycles. The highest BCUT2D eigenvalue weighted by Crippen LogP contribution is 2.24. The minimum Gasteiger partial charge on any atom is -0.469 e. The molecule has 114 valence electrons. The Morgan fingerprint density at radius 1 is 1.35 bits per heavy atom. The van der Waals surface area contributed by atoms with Crippen molar-refractivity contribution >= 4 is 11.9 Å². The molecule has 0 bridgehead atoms. The third-order valence-electron chi connectivity index (χ3n) is 3.54. The first-order valence-corrected chi connectivity index (χ1v) is 7.19. The number of methoxy groups -OCH3 is 1. The Balaban J connectivity index is 2.06. The Hall–Kier alpha value is -1.36. The maximum atomic E-state index is 11.8. The fourth-order valence-electron chi connectivity index (χ4n) is 2.19. The van der Waals surface area contributed by atoms with Crippen molar-refractivity contribution in [2.75, 3.05) is 20.3 Å². The minimum absolute atomic E-state index is 0.0691. The summed E-state index contributed by atoms with van der Waals surface area (Å²) < 4.78 is 9.78. The molecule has 0 heterocycles. The average molecular weight is 284 g/mol. The molecule has 20 heavy (non-hydrogen) atoms. The second kappa shape index (κ2) is 9.53. The van der Waals surface area contributed by atoms with Gasteiger partial charge in [-0.3, -0.25) is 9.59 Å². The van der Waals surface area contributed by atoms with Crippen LogP contribution in [0.5, 0.6) is 0 Å². The smallest absolute Gasteiger partial charge is 0.309 e. The van der Waals surface area contributed by atoms with Crippen LogP contribution in [-0.2, 0) is 19.1 Å². The summed E-state index contributed by atoms with van der Waals surface area (Å²) in [5.41, 5.74) is 1.01. The van der Waals surface area contributed by atoms with Gasteiger partial charge in [-0.15, -0.1) is 0 Å². The standard InChI is InChI=1S/C15H24O5/c1-19-14(17)5-3-2-4-10-20-15(18)13-8-6-12(11-16)7-9-13/h6,13,16H,2-5,7-11H2,1H3. The Bertz CT molecular complexity index is 348. The molecule has 0 fully saturated rings. The number of aliphatic hydroxyl groups excluding tert-OH is 1. The van der Waals surface area contributed by atoms with E-state index in [1.54, 1.807) is 0 Å². The van der Waals surface area contributed by atoms with E-state index in [2.05, 4.69) is 4.74 Å². The summed E-state index contributed by atoms with van der Waals surface area (Å²) in [6.07, 6.45) is 6.93. The molecule has 5 heteroatoms. The first-order chi connectivity index (χ1) is 9.67. The lowest BCUT2D eigenvalue weighted by Gasteiger charge is -2.19. The van der Waals surface area contributed by atoms with Gasteiger partial charge in [0.15, 0.2) is 0 Å². The maximum Gasteiger partial charge on any atom is 0.309 e. The van der Waals surface area contributed by atoms with Crippen LogP contribution >= 0.6 is 0 Å². The molecule has 0 spiro atoms. The second-order valence-corrected chi connectivity index (χ2v) is 5.05. The molecule has 0 aromatic rings. The van der Waals surface area contributed by atoms with E-state index in [1.807, 2.05) is 6.08 Å². The van der Waals surface area contributed by atoms with Crippen LogP contribution in [0.15, 0.2) is 11.6 Å². The predicted octanol–water partition coefficient (Wildman–Crippen LogP) is 1.98. The van der Waals surface area contributed by atoms with Gasteiger partial charge in [-0.2, -0.15) is 0 Å². The number of hydrogen-bond acceptors (Lipinski definition) is 5. The number of carbonyl (C=O) groups excluding carboxylic acids is 2. The molecule has 0 amide bonds. The Morgan fingerprint density at radius 3 is 2.75 bits per heavy atom. The molecule has 0 saturated heterocycles. The minimum atomic E-state index is -0.198. The summed E-state index contributed by atoms with van der Waals surface area (Å²) >= 11 is 0. The van der Waals surface area contributed by atoms with Crippen LogP contribution in [0.2, 0.25) is 0 Å². The number of unbranched alkanes of at least 4 members (excludes halogenated alkanes) is 2. The third kappa shape index (κ3) is 6.19. The predicted molar refractivity (Wildman–Crippen MR) is 74.0 cm³/mol. The summed E-state index contributed by atoms with van der Waals surface area (Å²) in [5.74, 6) is -0.415. The van der Waals surface area contributed by atoms with E-state index in [9.17, 15) is 9.59 Å². The van der Waals surface area contributed by atoms with Gasteiger partial charge in [-0.05, 0) is 44.1 Å². The molecule has 1 rings (SSSR count). The quantitative estimate of drug-likeness (QED) is 0.419. The van der Waals surface area contributed by atoms with Crippen LogP contribution in [0, 0.1) is 5.92 Å². The first kappa shape index (κ1) is 16.7. The third-order valence-corrected chi connectivity index (χ3v) is 3.54. The summed E-state index contributed by atoms with van der Waals surface area (Å²) in [7, 11) is 1.38. The first-order valence-electron chi connectivity index (χ1n) is 7.19. The molecular formula is C15H24O5. The lowest BCUT2D eigenvalue weighted by atomic mass is 9.90. The average Bonchev–Trinajstić information content (AvgIpc) is 2.50. The SMILES string of the molecule is COC(=O)CCCCCOC(=O)C1CC=C(CO)CC1. The fourth-order valence-corrected chi connectivity index (χ4v) is 2.19. The van der Waals surface area contributed by atoms with E-state index in [0.717, 1.165) is 37.7 Å². The molecule has 0 saturated carbocycles. The molecule has 5 nitrogen and oxygen atoms in total. The van der Waals surface area contributed by atoms with Gasteiger partial charge in [0.25, 0.3) is 0 Å². The highest BCUT2D eigenvalue weighted by molar-refractivity contribution is 5.73. The van der Waals surface area contributed by atoms with Crippen molar-refractivity contribution in [2.24, 2.45) is 5.92 Å². The van der Waals surface area contributed by atoms with Crippen molar-refractivity contribution in [3.05, 3.63) is 11.6 Å². The van der Waals surface area contributed by atoms with Crippen molar-refractivity contribution in [3.63, 3.8) is 0 Å². The number of esters is 2. The van der Waals surface area contributed by atoms with Crippen LogP contribution in [0.25, 0.3) is 0 Å². The largest absolute Gasteiger partial charge is 0.469 e. The van der Waals surface area contributed by atoms with E-state index < -0.39 is 0 Å². The van der Waals surface area contributed by atoms with Gasteiger partial charge < -0.3 is 14.6 Å². The van der Waals surface area contributed by atoms with Crippen LogP contribution in [-0.4, -0.2) is 37.4 Å². The number of aliphatic hydroxyl groups is 1. The zero-order chi connectivity index (χ0) is 14.8. The Morgan fingerprint density at radius 2 is 2.15 bits per heavy atom. The van der Waals surface area contributed by atoms with Crippen molar-refractivity contribution in [2.45, 2.75) is 44.9 Å². The lowest BCUT2D eigenvalue weighted by molar-refractivity contribution is -0.149. The molecule has 0 radical (unpaired) electrons. The van der Waals surface area contributed by atoms with Gasteiger partial charge in [0.1, 0.15) is 0 Å². The van der Waals surface area contributed by atoms with Gasteiger partial charge in [0.2, 0.25) is 0 Å². The molecule has 1 unspecified atom stereocenters. The molecule has 0 aromatic carbocycles. The van der Waals surface area contributed by atoms with Crippen LogP contribution < -0.4 is 0 Å². The number of carbonyl (C=O) groups is 2. The summed E-state index contributed by atoms with van der Waals surface area (Å²) in [5, 5.41) is 8.98. The monoisotopic (exact) mass is 284 g/mol. The van der Waals surface area contributed by atoms with Crippen molar-refractivity contribution < 1.29 is 24.2 Å². The molecule has 1 aliphatic rings. The lowest BCUT2D eigenvalue weighted by Crippen LogP contribution is -2.20. The van der Waals surface area contributed by atoms with Crippen molar-refractivity contribution in [1.29, 1.82) is 0 Å². The van der Waals surface area contributed by atoms with Gasteiger partial charge in [-0.1, -0.05) is 6.08 Å². The molecular weight excluding hydrogens is 260 g/mol. The number of rotatable bonds is 8. The van der Waals surface area contributed by atoms with E-state index in [1.165, 1.54) is 7.11 Å². The zero-order valence-electron chi connectivity index (χ0n) is 12.1. The van der Waals surface area contributed by atoms with E-state index in [-0.39, 0.29) is 24.5 Å². The number of hydrogen-bond donors (Lipinski definition) is 1. The van der Waals surface area contributed by atoms with Crippen LogP contribution in [0.4, 0.5) is 0 Å². The molecule has 1 atom stereocenters. The van der Waals surface area contributed by atoms with Crippen LogP contribution in [0.3, 0.4) is 0 Å². The molecule has 0 aromatic heterocycles. The van der Waals surface area contributed by atoms with Gasteiger partial charge in [0.05, 0.1) is 26.2 Å². The summed E-state index contributed by atoms with van der Waals surface area (Å²) in [6, 6.07) is 0. The van der Waals surface area contributed by atoms with Crippen molar-refractivity contribution in [1.82, 2.24) is 0 Å². The highest BCUT2D eigenvalue weighted by atomic mass is 16.5. The van der Waals surface area contributed by atoms with E-state index in [4.69, 9.17) is 9.84 Å².